The molecule has 4 nitrogen and oxygen atoms in total. The highest BCUT2D eigenvalue weighted by Crippen LogP contribution is 2.30. The molecule has 0 atom stereocenters. The Hall–Kier alpha value is -3.83. The number of pyridine rings is 1. The van der Waals surface area contributed by atoms with Crippen LogP contribution in [0.2, 0.25) is 0 Å². The van der Waals surface area contributed by atoms with E-state index in [-0.39, 0.29) is 0 Å². The smallest absolute Gasteiger partial charge is 0.135 e. The molecule has 206 valence electrons. The topological polar surface area (TPSA) is 51.8 Å². The minimum atomic E-state index is 0.829. The first-order valence-electron chi connectivity index (χ1n) is 13.3. The second kappa shape index (κ2) is 14.5. The van der Waals surface area contributed by atoms with E-state index >= 15 is 0 Å². The van der Waals surface area contributed by atoms with Crippen molar-refractivity contribution in [2.24, 2.45) is 0 Å². The van der Waals surface area contributed by atoms with Gasteiger partial charge in [0, 0.05) is 29.7 Å². The molecule has 3 heterocycles. The van der Waals surface area contributed by atoms with Crippen LogP contribution in [0.5, 0.6) is 0 Å². The van der Waals surface area contributed by atoms with Crippen molar-refractivity contribution in [1.82, 2.24) is 15.0 Å². The summed E-state index contributed by atoms with van der Waals surface area (Å²) in [5.74, 6) is 1.77. The van der Waals surface area contributed by atoms with E-state index in [9.17, 15) is 0 Å². The lowest BCUT2D eigenvalue weighted by Crippen LogP contribution is -1.84. The number of aromatic nitrogens is 3. The summed E-state index contributed by atoms with van der Waals surface area (Å²) >= 11 is 3.49. The van der Waals surface area contributed by atoms with Crippen LogP contribution in [0.25, 0.3) is 21.7 Å². The van der Waals surface area contributed by atoms with Crippen molar-refractivity contribution in [2.75, 3.05) is 0 Å². The molecule has 6 aromatic rings. The number of benzene rings is 3. The molecule has 0 fully saturated rings. The summed E-state index contributed by atoms with van der Waals surface area (Å²) < 4.78 is 6.58. The van der Waals surface area contributed by atoms with Gasteiger partial charge in [-0.25, -0.2) is 9.97 Å². The Morgan fingerprint density at radius 2 is 1.02 bits per heavy atom. The van der Waals surface area contributed by atoms with E-state index in [1.54, 1.807) is 0 Å². The van der Waals surface area contributed by atoms with E-state index in [0.717, 1.165) is 38.3 Å². The molecule has 0 saturated carbocycles. The van der Waals surface area contributed by atoms with E-state index in [0.29, 0.717) is 0 Å². The Morgan fingerprint density at radius 3 is 1.52 bits per heavy atom. The first-order valence-corrected chi connectivity index (χ1v) is 14.1. The zero-order chi connectivity index (χ0) is 29.2. The van der Waals surface area contributed by atoms with Gasteiger partial charge in [-0.05, 0) is 111 Å². The molecule has 40 heavy (non-hydrogen) atoms. The van der Waals surface area contributed by atoms with Crippen LogP contribution in [-0.4, -0.2) is 15.0 Å². The molecule has 0 aliphatic heterocycles. The normalized spacial score (nSPS) is 10.1. The molecular weight excluding hydrogens is 558 g/mol. The fraction of sp³-hybridized carbons (Fsp3) is 0.229. The van der Waals surface area contributed by atoms with Crippen molar-refractivity contribution in [3.8, 4) is 0 Å². The van der Waals surface area contributed by atoms with Gasteiger partial charge in [-0.1, -0.05) is 65.2 Å². The third-order valence-corrected chi connectivity index (χ3v) is 7.05. The van der Waals surface area contributed by atoms with Crippen molar-refractivity contribution >= 4 is 37.7 Å². The van der Waals surface area contributed by atoms with Gasteiger partial charge in [0.2, 0.25) is 0 Å². The monoisotopic (exact) mass is 595 g/mol. The summed E-state index contributed by atoms with van der Waals surface area (Å²) in [5.41, 5.74) is 8.26. The third kappa shape index (κ3) is 9.42. The predicted molar refractivity (Wildman–Crippen MR) is 172 cm³/mol. The Bertz CT molecular complexity index is 1540. The van der Waals surface area contributed by atoms with Gasteiger partial charge >= 0.3 is 0 Å². The highest BCUT2D eigenvalue weighted by atomic mass is 79.9. The average Bonchev–Trinajstić information content (AvgIpc) is 3.21. The molecule has 0 amide bonds. The summed E-state index contributed by atoms with van der Waals surface area (Å²) in [5, 5.41) is 3.83. The molecule has 0 aliphatic rings. The second-order valence-electron chi connectivity index (χ2n) is 10.1. The standard InChI is InChI=1S/C12H12.C10H9BrO.C7H9N.C6H8N2/c1-9-3-5-12-8-10(2)4-6-11(12)7-9;1-6-3-4-9-8(5-6)10(11)7(2)12-9;1-6-3-4-7(2)8-5-6;1-5-3-7-6(2)8-4-5/h3-8H,1-2H3;3-5H,1-2H3;3-5H,1-2H3;3-4H,1-2H3. The van der Waals surface area contributed by atoms with Gasteiger partial charge in [0.15, 0.2) is 0 Å². The maximum absolute atomic E-state index is 5.51. The summed E-state index contributed by atoms with van der Waals surface area (Å²) in [6, 6.07) is 23.3. The number of aryl methyl sites for hydroxylation is 8. The Balaban J connectivity index is 0.000000150. The number of halogens is 1. The van der Waals surface area contributed by atoms with Crippen molar-refractivity contribution in [3.05, 3.63) is 135 Å². The fourth-order valence-electron chi connectivity index (χ4n) is 3.79. The largest absolute Gasteiger partial charge is 0.460 e. The summed E-state index contributed by atoms with van der Waals surface area (Å²) in [6.07, 6.45) is 5.49. The Labute approximate surface area is 246 Å². The van der Waals surface area contributed by atoms with E-state index in [4.69, 9.17) is 4.42 Å². The van der Waals surface area contributed by atoms with E-state index in [1.807, 2.05) is 65.3 Å². The van der Waals surface area contributed by atoms with E-state index in [1.165, 1.54) is 33.0 Å². The van der Waals surface area contributed by atoms with Crippen molar-refractivity contribution < 1.29 is 4.42 Å². The number of hydrogen-bond donors (Lipinski definition) is 0. The average molecular weight is 597 g/mol. The Kier molecular flexibility index (Phi) is 11.2. The zero-order valence-electron chi connectivity index (χ0n) is 24.7. The van der Waals surface area contributed by atoms with Crippen LogP contribution in [-0.2, 0) is 0 Å². The molecular formula is C35H38BrN3O. The molecule has 0 spiro atoms. The van der Waals surface area contributed by atoms with Gasteiger partial charge in [-0.3, -0.25) is 4.98 Å². The highest BCUT2D eigenvalue weighted by molar-refractivity contribution is 9.10. The maximum Gasteiger partial charge on any atom is 0.135 e. The number of nitrogens with zero attached hydrogens (tertiary/aromatic N) is 3. The molecule has 5 heteroatoms. The first kappa shape index (κ1) is 30.7. The molecule has 0 unspecified atom stereocenters. The number of rotatable bonds is 0. The maximum atomic E-state index is 5.51. The minimum absolute atomic E-state index is 0.829. The molecule has 3 aromatic heterocycles. The predicted octanol–water partition coefficient (Wildman–Crippen LogP) is 10.1. The zero-order valence-corrected chi connectivity index (χ0v) is 26.3. The lowest BCUT2D eigenvalue weighted by atomic mass is 10.1. The van der Waals surface area contributed by atoms with Crippen LogP contribution in [0.15, 0.2) is 94.2 Å². The van der Waals surface area contributed by atoms with Crippen LogP contribution in [0.4, 0.5) is 0 Å². The molecule has 0 radical (unpaired) electrons. The number of fused-ring (bicyclic) bond motifs is 2. The second-order valence-corrected chi connectivity index (χ2v) is 10.9. The van der Waals surface area contributed by atoms with Gasteiger partial charge in [0.05, 0.1) is 4.47 Å². The Morgan fingerprint density at radius 1 is 0.525 bits per heavy atom. The highest BCUT2D eigenvalue weighted by Gasteiger charge is 2.06. The van der Waals surface area contributed by atoms with Crippen molar-refractivity contribution in [1.29, 1.82) is 0 Å². The lowest BCUT2D eigenvalue weighted by molar-refractivity contribution is 0.576. The van der Waals surface area contributed by atoms with Crippen LogP contribution in [0.3, 0.4) is 0 Å². The molecule has 0 aliphatic carbocycles. The minimum Gasteiger partial charge on any atom is -0.460 e. The SMILES string of the molecule is Cc1ccc(C)nc1.Cc1ccc2cc(C)ccc2c1.Cc1ccc2oc(C)c(Br)c2c1.Cc1cnc(C)nc1. The summed E-state index contributed by atoms with van der Waals surface area (Å²) in [7, 11) is 0. The summed E-state index contributed by atoms with van der Waals surface area (Å²) in [4.78, 5) is 12.0. The van der Waals surface area contributed by atoms with Gasteiger partial charge in [-0.2, -0.15) is 0 Å². The van der Waals surface area contributed by atoms with Gasteiger partial charge in [0.1, 0.15) is 17.2 Å². The third-order valence-electron chi connectivity index (χ3n) is 6.06. The number of hydrogen-bond acceptors (Lipinski definition) is 4. The van der Waals surface area contributed by atoms with Crippen molar-refractivity contribution in [3.63, 3.8) is 0 Å². The van der Waals surface area contributed by atoms with Gasteiger partial charge in [0.25, 0.3) is 0 Å². The van der Waals surface area contributed by atoms with Gasteiger partial charge in [-0.15, -0.1) is 0 Å². The number of furan rings is 1. The van der Waals surface area contributed by atoms with E-state index in [2.05, 4.69) is 106 Å². The molecule has 0 N–H and O–H groups in total. The molecule has 0 saturated heterocycles. The first-order chi connectivity index (χ1) is 19.0. The van der Waals surface area contributed by atoms with Crippen molar-refractivity contribution in [2.45, 2.75) is 55.4 Å². The van der Waals surface area contributed by atoms with Crippen LogP contribution in [0.1, 0.15) is 45.1 Å². The summed E-state index contributed by atoms with van der Waals surface area (Å²) in [6.45, 7) is 16.1. The molecule has 3 aromatic carbocycles. The van der Waals surface area contributed by atoms with Crippen LogP contribution >= 0.6 is 15.9 Å². The lowest BCUT2D eigenvalue weighted by Gasteiger charge is -1.99. The molecule has 6 rings (SSSR count). The van der Waals surface area contributed by atoms with Gasteiger partial charge < -0.3 is 4.42 Å². The van der Waals surface area contributed by atoms with E-state index < -0.39 is 0 Å². The molecule has 0 bridgehead atoms. The van der Waals surface area contributed by atoms with Crippen LogP contribution < -0.4 is 0 Å². The van der Waals surface area contributed by atoms with Crippen LogP contribution in [0, 0.1) is 55.4 Å². The quantitative estimate of drug-likeness (QED) is 0.175. The fourth-order valence-corrected chi connectivity index (χ4v) is 4.18.